The monoisotopic (exact) mass is 394 g/mol. The first-order valence-electron chi connectivity index (χ1n) is 9.41. The summed E-state index contributed by atoms with van der Waals surface area (Å²) in [6.45, 7) is 0. The van der Waals surface area contributed by atoms with E-state index in [2.05, 4.69) is 41.0 Å². The summed E-state index contributed by atoms with van der Waals surface area (Å²) in [7, 11) is 0. The molecule has 0 radical (unpaired) electrons. The van der Waals surface area contributed by atoms with Gasteiger partial charge in [0, 0.05) is 0 Å². The molecule has 0 amide bonds. The SMILES string of the molecule is C(=N/Nc1nc2ccccc2[nH]1)/c1cccc(/C=N\Nc2nc3ccccc3[nH]2)c1. The zero-order valence-corrected chi connectivity index (χ0v) is 15.9. The van der Waals surface area contributed by atoms with E-state index >= 15 is 0 Å². The maximum absolute atomic E-state index is 4.43. The van der Waals surface area contributed by atoms with E-state index in [0.29, 0.717) is 11.9 Å². The van der Waals surface area contributed by atoms with E-state index in [1.54, 1.807) is 12.4 Å². The van der Waals surface area contributed by atoms with Gasteiger partial charge in [0.05, 0.1) is 34.5 Å². The Morgan fingerprint density at radius 1 is 0.633 bits per heavy atom. The van der Waals surface area contributed by atoms with Gasteiger partial charge in [-0.1, -0.05) is 42.5 Å². The van der Waals surface area contributed by atoms with Crippen LogP contribution >= 0.6 is 0 Å². The molecule has 0 unspecified atom stereocenters. The molecule has 3 aromatic carbocycles. The van der Waals surface area contributed by atoms with Gasteiger partial charge in [-0.15, -0.1) is 0 Å². The predicted octanol–water partition coefficient (Wildman–Crippen LogP) is 4.33. The number of para-hydroxylation sites is 4. The number of anilines is 2. The van der Waals surface area contributed by atoms with Gasteiger partial charge in [0.2, 0.25) is 11.9 Å². The fourth-order valence-electron chi connectivity index (χ4n) is 3.07. The molecule has 2 aromatic heterocycles. The van der Waals surface area contributed by atoms with Crippen LogP contribution < -0.4 is 10.9 Å². The Bertz CT molecular complexity index is 1190. The lowest BCUT2D eigenvalue weighted by Crippen LogP contribution is -1.94. The molecule has 0 saturated heterocycles. The van der Waals surface area contributed by atoms with Crippen molar-refractivity contribution in [2.24, 2.45) is 10.2 Å². The number of nitrogens with one attached hydrogen (secondary N) is 4. The number of aromatic nitrogens is 4. The van der Waals surface area contributed by atoms with Crippen molar-refractivity contribution in [3.05, 3.63) is 83.9 Å². The van der Waals surface area contributed by atoms with E-state index in [4.69, 9.17) is 0 Å². The van der Waals surface area contributed by atoms with Crippen LogP contribution in [0.4, 0.5) is 11.9 Å². The van der Waals surface area contributed by atoms with Crippen LogP contribution in [0.25, 0.3) is 22.1 Å². The van der Waals surface area contributed by atoms with Crippen molar-refractivity contribution >= 4 is 46.4 Å². The Morgan fingerprint density at radius 3 is 1.63 bits per heavy atom. The number of fused-ring (bicyclic) bond motifs is 2. The normalized spacial score (nSPS) is 11.7. The third kappa shape index (κ3) is 3.88. The van der Waals surface area contributed by atoms with Gasteiger partial charge in [-0.2, -0.15) is 10.2 Å². The van der Waals surface area contributed by atoms with Gasteiger partial charge < -0.3 is 9.97 Å². The van der Waals surface area contributed by atoms with E-state index in [1.807, 2.05) is 72.8 Å². The molecule has 146 valence electrons. The molecule has 0 aliphatic heterocycles. The Hall–Kier alpha value is -4.46. The number of nitrogens with zero attached hydrogens (tertiary/aromatic N) is 4. The van der Waals surface area contributed by atoms with Crippen molar-refractivity contribution in [3.63, 3.8) is 0 Å². The quantitative estimate of drug-likeness (QED) is 0.254. The number of H-pyrrole nitrogens is 2. The fraction of sp³-hybridized carbons (Fsp3) is 0. The van der Waals surface area contributed by atoms with Crippen molar-refractivity contribution in [2.75, 3.05) is 10.9 Å². The van der Waals surface area contributed by atoms with Gasteiger partial charge in [0.15, 0.2) is 0 Å². The highest BCUT2D eigenvalue weighted by molar-refractivity contribution is 5.87. The predicted molar refractivity (Wildman–Crippen MR) is 121 cm³/mol. The van der Waals surface area contributed by atoms with Crippen molar-refractivity contribution in [2.45, 2.75) is 0 Å². The third-order valence-corrected chi connectivity index (χ3v) is 4.46. The maximum Gasteiger partial charge on any atom is 0.222 e. The fourth-order valence-corrected chi connectivity index (χ4v) is 3.07. The van der Waals surface area contributed by atoms with Gasteiger partial charge in [0.1, 0.15) is 0 Å². The molecule has 5 aromatic rings. The minimum atomic E-state index is 0.597. The van der Waals surface area contributed by atoms with E-state index < -0.39 is 0 Å². The van der Waals surface area contributed by atoms with Crippen LogP contribution in [0.15, 0.2) is 83.0 Å². The number of rotatable bonds is 6. The molecule has 8 heteroatoms. The summed E-state index contributed by atoms with van der Waals surface area (Å²) in [6.07, 6.45) is 3.47. The van der Waals surface area contributed by atoms with Crippen molar-refractivity contribution in [1.82, 2.24) is 19.9 Å². The molecule has 0 spiro atoms. The van der Waals surface area contributed by atoms with E-state index in [-0.39, 0.29) is 0 Å². The highest BCUT2D eigenvalue weighted by Gasteiger charge is 2.00. The van der Waals surface area contributed by atoms with Crippen LogP contribution in [0.3, 0.4) is 0 Å². The molecule has 0 aliphatic carbocycles. The molecule has 2 heterocycles. The second-order valence-corrected chi connectivity index (χ2v) is 6.62. The second kappa shape index (κ2) is 7.88. The van der Waals surface area contributed by atoms with Gasteiger partial charge >= 0.3 is 0 Å². The summed E-state index contributed by atoms with van der Waals surface area (Å²) in [5, 5.41) is 8.51. The lowest BCUT2D eigenvalue weighted by atomic mass is 10.1. The summed E-state index contributed by atoms with van der Waals surface area (Å²) in [6, 6.07) is 23.5. The molecule has 0 fully saturated rings. The largest absolute Gasteiger partial charge is 0.323 e. The van der Waals surface area contributed by atoms with Crippen LogP contribution in [0.5, 0.6) is 0 Å². The average Bonchev–Trinajstić information content (AvgIpc) is 3.37. The number of benzene rings is 3. The molecule has 8 nitrogen and oxygen atoms in total. The Balaban J connectivity index is 1.23. The average molecular weight is 394 g/mol. The van der Waals surface area contributed by atoms with Gasteiger partial charge in [0.25, 0.3) is 0 Å². The molecule has 0 bridgehead atoms. The Labute approximate surface area is 171 Å². The Kier molecular flexibility index (Phi) is 4.63. The van der Waals surface area contributed by atoms with Crippen molar-refractivity contribution < 1.29 is 0 Å². The molecule has 0 saturated carbocycles. The lowest BCUT2D eigenvalue weighted by Gasteiger charge is -1.98. The molecule has 5 rings (SSSR count). The molecule has 30 heavy (non-hydrogen) atoms. The van der Waals surface area contributed by atoms with Crippen molar-refractivity contribution in [3.8, 4) is 0 Å². The van der Waals surface area contributed by atoms with Crippen LogP contribution in [0.1, 0.15) is 11.1 Å². The van der Waals surface area contributed by atoms with E-state index in [1.165, 1.54) is 0 Å². The van der Waals surface area contributed by atoms with Crippen LogP contribution in [-0.2, 0) is 0 Å². The topological polar surface area (TPSA) is 106 Å². The second-order valence-electron chi connectivity index (χ2n) is 6.62. The number of hydrazone groups is 2. The highest BCUT2D eigenvalue weighted by atomic mass is 15.4. The smallest absolute Gasteiger partial charge is 0.222 e. The molecule has 4 N–H and O–H groups in total. The van der Waals surface area contributed by atoms with E-state index in [9.17, 15) is 0 Å². The zero-order chi connectivity index (χ0) is 20.2. The molecule has 0 atom stereocenters. The van der Waals surface area contributed by atoms with Gasteiger partial charge in [-0.3, -0.25) is 0 Å². The third-order valence-electron chi connectivity index (χ3n) is 4.46. The molecular formula is C22H18N8. The first kappa shape index (κ1) is 17.6. The minimum absolute atomic E-state index is 0.597. The minimum Gasteiger partial charge on any atom is -0.323 e. The lowest BCUT2D eigenvalue weighted by molar-refractivity contribution is 1.21. The number of hydrogen-bond donors (Lipinski definition) is 4. The van der Waals surface area contributed by atoms with Gasteiger partial charge in [-0.05, 0) is 41.5 Å². The number of aromatic amines is 2. The van der Waals surface area contributed by atoms with Gasteiger partial charge in [-0.25, -0.2) is 20.8 Å². The zero-order valence-electron chi connectivity index (χ0n) is 15.9. The summed E-state index contributed by atoms with van der Waals surface area (Å²) >= 11 is 0. The molecular weight excluding hydrogens is 376 g/mol. The highest BCUT2D eigenvalue weighted by Crippen LogP contribution is 2.14. The number of hydrogen-bond acceptors (Lipinski definition) is 6. The first-order chi connectivity index (χ1) is 14.8. The first-order valence-corrected chi connectivity index (χ1v) is 9.41. The maximum atomic E-state index is 4.43. The van der Waals surface area contributed by atoms with Crippen LogP contribution in [0, 0.1) is 0 Å². The van der Waals surface area contributed by atoms with Crippen LogP contribution in [-0.4, -0.2) is 32.4 Å². The van der Waals surface area contributed by atoms with Crippen molar-refractivity contribution in [1.29, 1.82) is 0 Å². The Morgan fingerprint density at radius 2 is 1.13 bits per heavy atom. The van der Waals surface area contributed by atoms with E-state index in [0.717, 1.165) is 33.2 Å². The summed E-state index contributed by atoms with van der Waals surface area (Å²) < 4.78 is 0. The molecule has 0 aliphatic rings. The standard InChI is InChI=1S/C22H18N8/c1-2-9-18-17(8-1)25-21(26-18)29-23-13-15-6-5-7-16(12-15)14-24-30-22-27-19-10-3-4-11-20(19)28-22/h1-14H,(H2,25,26,29)(H2,27,28,30)/b23-13-,24-14-. The number of imidazole rings is 2. The summed E-state index contributed by atoms with van der Waals surface area (Å²) in [5.74, 6) is 1.19. The summed E-state index contributed by atoms with van der Waals surface area (Å²) in [5.41, 5.74) is 11.4. The van der Waals surface area contributed by atoms with Crippen LogP contribution in [0.2, 0.25) is 0 Å². The summed E-state index contributed by atoms with van der Waals surface area (Å²) in [4.78, 5) is 15.2.